The molecule has 5 nitrogen and oxygen atoms in total. The molecule has 1 heterocycles. The topological polar surface area (TPSA) is 83.1 Å². The van der Waals surface area contributed by atoms with Gasteiger partial charge in [0.1, 0.15) is 0 Å². The average molecular weight is 217 g/mol. The molecule has 1 fully saturated rings. The zero-order chi connectivity index (χ0) is 9.90. The van der Waals surface area contributed by atoms with Crippen LogP contribution in [0.5, 0.6) is 0 Å². The van der Waals surface area contributed by atoms with Crippen molar-refractivity contribution in [2.75, 3.05) is 52.4 Å². The van der Waals surface area contributed by atoms with Gasteiger partial charge in [-0.25, -0.2) is 0 Å². The van der Waals surface area contributed by atoms with Crippen LogP contribution in [0.15, 0.2) is 0 Å². The molecule has 7 N–H and O–H groups in total. The molecule has 1 rings (SSSR count). The standard InChI is InChI=1S/C10H24N4.H3N/c1-3-11-7-9-13-5-2-6-14-10-8-12-4-1;/h11-14H,1-10H2;1H3. The Labute approximate surface area is 93.4 Å². The molecule has 0 unspecified atom stereocenters. The lowest BCUT2D eigenvalue weighted by molar-refractivity contribution is 0.530. The maximum absolute atomic E-state index is 3.42. The van der Waals surface area contributed by atoms with E-state index in [0.29, 0.717) is 0 Å². The van der Waals surface area contributed by atoms with Crippen molar-refractivity contribution in [1.82, 2.24) is 27.4 Å². The first-order chi connectivity index (χ1) is 7.00. The van der Waals surface area contributed by atoms with Gasteiger partial charge >= 0.3 is 0 Å². The first-order valence-corrected chi connectivity index (χ1v) is 5.83. The molecule has 1 aliphatic heterocycles. The lowest BCUT2D eigenvalue weighted by Crippen LogP contribution is -2.34. The molecule has 1 saturated heterocycles. The molecule has 0 aliphatic carbocycles. The van der Waals surface area contributed by atoms with Crippen molar-refractivity contribution >= 4 is 0 Å². The quantitative estimate of drug-likeness (QED) is 0.371. The molecular formula is C10H27N5. The predicted octanol–water partition coefficient (Wildman–Crippen LogP) is -0.699. The number of rotatable bonds is 0. The van der Waals surface area contributed by atoms with Crippen LogP contribution in [-0.2, 0) is 0 Å². The van der Waals surface area contributed by atoms with Gasteiger partial charge in [-0.15, -0.1) is 0 Å². The van der Waals surface area contributed by atoms with Crippen LogP contribution in [0, 0.1) is 0 Å². The number of nitrogens with one attached hydrogen (secondary N) is 4. The van der Waals surface area contributed by atoms with E-state index in [1.54, 1.807) is 0 Å². The zero-order valence-electron chi connectivity index (χ0n) is 9.78. The molecule has 0 aromatic rings. The van der Waals surface area contributed by atoms with Gasteiger partial charge in [0.15, 0.2) is 0 Å². The summed E-state index contributed by atoms with van der Waals surface area (Å²) in [7, 11) is 0. The summed E-state index contributed by atoms with van der Waals surface area (Å²) in [5.74, 6) is 0. The van der Waals surface area contributed by atoms with Gasteiger partial charge in [-0.1, -0.05) is 0 Å². The fourth-order valence-electron chi connectivity index (χ4n) is 1.53. The van der Waals surface area contributed by atoms with Crippen molar-refractivity contribution in [3.8, 4) is 0 Å². The molecule has 92 valence electrons. The Bertz CT molecular complexity index is 67.1. The maximum atomic E-state index is 3.42. The van der Waals surface area contributed by atoms with Crippen LogP contribution in [0.3, 0.4) is 0 Å². The highest BCUT2D eigenvalue weighted by atomic mass is 15.0. The fraction of sp³-hybridized carbons (Fsp3) is 1.00. The molecule has 0 radical (unpaired) electrons. The van der Waals surface area contributed by atoms with Crippen molar-refractivity contribution in [2.24, 2.45) is 0 Å². The Morgan fingerprint density at radius 3 is 0.933 bits per heavy atom. The summed E-state index contributed by atoms with van der Waals surface area (Å²) in [6.45, 7) is 8.87. The minimum Gasteiger partial charge on any atom is -0.344 e. The van der Waals surface area contributed by atoms with E-state index in [1.807, 2.05) is 0 Å². The summed E-state index contributed by atoms with van der Waals surface area (Å²) < 4.78 is 0. The SMILES string of the molecule is C1CNCCNCCCNCCNC1.N. The second kappa shape index (κ2) is 11.9. The Morgan fingerprint density at radius 2 is 0.667 bits per heavy atom. The molecule has 0 spiro atoms. The number of hydrogen-bond donors (Lipinski definition) is 5. The highest BCUT2D eigenvalue weighted by molar-refractivity contribution is 4.58. The first-order valence-electron chi connectivity index (χ1n) is 5.83. The van der Waals surface area contributed by atoms with Crippen molar-refractivity contribution in [3.05, 3.63) is 0 Å². The monoisotopic (exact) mass is 217 g/mol. The summed E-state index contributed by atoms with van der Waals surface area (Å²) in [5.41, 5.74) is 0. The predicted molar refractivity (Wildman–Crippen MR) is 65.7 cm³/mol. The van der Waals surface area contributed by atoms with Crippen LogP contribution >= 0.6 is 0 Å². The Kier molecular flexibility index (Phi) is 11.7. The maximum Gasteiger partial charge on any atom is 0.00767 e. The highest BCUT2D eigenvalue weighted by Crippen LogP contribution is 1.76. The van der Waals surface area contributed by atoms with Crippen LogP contribution in [0.1, 0.15) is 12.8 Å². The first kappa shape index (κ1) is 14.8. The molecule has 0 saturated carbocycles. The summed E-state index contributed by atoms with van der Waals surface area (Å²) in [6.07, 6.45) is 2.44. The third kappa shape index (κ3) is 10.1. The van der Waals surface area contributed by atoms with Crippen molar-refractivity contribution in [3.63, 3.8) is 0 Å². The molecule has 1 aliphatic rings. The van der Waals surface area contributed by atoms with Gasteiger partial charge in [0, 0.05) is 26.2 Å². The summed E-state index contributed by atoms with van der Waals surface area (Å²) >= 11 is 0. The normalized spacial score (nSPS) is 22.4. The van der Waals surface area contributed by atoms with Gasteiger partial charge in [0.2, 0.25) is 0 Å². The lowest BCUT2D eigenvalue weighted by Gasteiger charge is -2.10. The summed E-state index contributed by atoms with van der Waals surface area (Å²) in [5, 5.41) is 13.7. The molecule has 0 atom stereocenters. The zero-order valence-corrected chi connectivity index (χ0v) is 9.78. The number of hydrogen-bond acceptors (Lipinski definition) is 5. The van der Waals surface area contributed by atoms with E-state index in [-0.39, 0.29) is 6.15 Å². The van der Waals surface area contributed by atoms with E-state index < -0.39 is 0 Å². The fourth-order valence-corrected chi connectivity index (χ4v) is 1.53. The van der Waals surface area contributed by atoms with Gasteiger partial charge in [0.25, 0.3) is 0 Å². The van der Waals surface area contributed by atoms with Gasteiger partial charge in [-0.05, 0) is 39.0 Å². The van der Waals surface area contributed by atoms with Gasteiger partial charge in [-0.3, -0.25) is 0 Å². The van der Waals surface area contributed by atoms with E-state index in [0.717, 1.165) is 52.4 Å². The van der Waals surface area contributed by atoms with Gasteiger partial charge in [-0.2, -0.15) is 0 Å². The Balaban J connectivity index is 0.00000196. The van der Waals surface area contributed by atoms with Crippen LogP contribution in [0.4, 0.5) is 0 Å². The van der Waals surface area contributed by atoms with Crippen LogP contribution in [0.2, 0.25) is 0 Å². The summed E-state index contributed by atoms with van der Waals surface area (Å²) in [4.78, 5) is 0. The smallest absolute Gasteiger partial charge is 0.00767 e. The van der Waals surface area contributed by atoms with E-state index in [9.17, 15) is 0 Å². The minimum atomic E-state index is 0. The third-order valence-corrected chi connectivity index (χ3v) is 2.37. The second-order valence-corrected chi connectivity index (χ2v) is 3.71. The van der Waals surface area contributed by atoms with Crippen molar-refractivity contribution < 1.29 is 0 Å². The molecular weight excluding hydrogens is 190 g/mol. The molecule has 0 bridgehead atoms. The van der Waals surface area contributed by atoms with Crippen LogP contribution in [-0.4, -0.2) is 52.4 Å². The molecule has 0 aromatic carbocycles. The van der Waals surface area contributed by atoms with Crippen molar-refractivity contribution in [1.29, 1.82) is 0 Å². The minimum absolute atomic E-state index is 0. The van der Waals surface area contributed by atoms with E-state index in [1.165, 1.54) is 12.8 Å². The van der Waals surface area contributed by atoms with Crippen LogP contribution < -0.4 is 27.4 Å². The van der Waals surface area contributed by atoms with Gasteiger partial charge < -0.3 is 27.4 Å². The van der Waals surface area contributed by atoms with E-state index >= 15 is 0 Å². The third-order valence-electron chi connectivity index (χ3n) is 2.37. The molecule has 0 aromatic heterocycles. The highest BCUT2D eigenvalue weighted by Gasteiger charge is 1.93. The Morgan fingerprint density at radius 1 is 0.400 bits per heavy atom. The average Bonchev–Trinajstić information content (AvgIpc) is 2.22. The Hall–Kier alpha value is -0.200. The largest absolute Gasteiger partial charge is 0.344 e. The molecule has 15 heavy (non-hydrogen) atoms. The van der Waals surface area contributed by atoms with Crippen molar-refractivity contribution in [2.45, 2.75) is 12.8 Å². The van der Waals surface area contributed by atoms with Gasteiger partial charge in [0.05, 0.1) is 0 Å². The second-order valence-electron chi connectivity index (χ2n) is 3.71. The van der Waals surface area contributed by atoms with E-state index in [4.69, 9.17) is 0 Å². The molecule has 5 heteroatoms. The van der Waals surface area contributed by atoms with Crippen LogP contribution in [0.25, 0.3) is 0 Å². The van der Waals surface area contributed by atoms with E-state index in [2.05, 4.69) is 21.3 Å². The molecule has 0 amide bonds. The summed E-state index contributed by atoms with van der Waals surface area (Å²) in [6, 6.07) is 0. The lowest BCUT2D eigenvalue weighted by atomic mass is 10.3.